The van der Waals surface area contributed by atoms with Gasteiger partial charge in [0.05, 0.1) is 5.56 Å². The third-order valence-electron chi connectivity index (χ3n) is 4.76. The van der Waals surface area contributed by atoms with Crippen molar-refractivity contribution in [2.45, 2.75) is 23.4 Å². The molecule has 1 saturated heterocycles. The molecule has 0 bridgehead atoms. The molecule has 9 heteroatoms. The summed E-state index contributed by atoms with van der Waals surface area (Å²) in [5, 5.41) is 3.95. The molecule has 0 aliphatic carbocycles. The van der Waals surface area contributed by atoms with Crippen LogP contribution in [0.25, 0.3) is 11.5 Å². The maximum Gasteiger partial charge on any atom is 0.416 e. The summed E-state index contributed by atoms with van der Waals surface area (Å²) in [5.74, 6) is 0.224. The number of hydrogen-bond acceptors (Lipinski definition) is 5. The maximum atomic E-state index is 12.7. The summed E-state index contributed by atoms with van der Waals surface area (Å²) in [6.07, 6.45) is -2.19. The van der Waals surface area contributed by atoms with Crippen molar-refractivity contribution in [2.24, 2.45) is 0 Å². The van der Waals surface area contributed by atoms with E-state index >= 15 is 0 Å². The minimum atomic E-state index is -4.40. The second kappa shape index (κ2) is 7.55. The first-order valence-corrected chi connectivity index (χ1v) is 10.0. The fraction of sp³-hybridized carbons (Fsp3) is 0.250. The second-order valence-electron chi connectivity index (χ2n) is 6.64. The van der Waals surface area contributed by atoms with Gasteiger partial charge in [0.1, 0.15) is 0 Å². The van der Waals surface area contributed by atoms with E-state index < -0.39 is 11.7 Å². The molecule has 3 aromatic rings. The number of aromatic nitrogens is 2. The molecule has 1 atom stereocenters. The molecular formula is C20H16F3N3O2S. The van der Waals surface area contributed by atoms with E-state index in [0.29, 0.717) is 17.9 Å². The van der Waals surface area contributed by atoms with Crippen molar-refractivity contribution in [1.82, 2.24) is 10.1 Å². The minimum Gasteiger partial charge on any atom is -0.334 e. The molecule has 1 unspecified atom stereocenters. The number of carbonyl (C=O) groups is 1. The number of amides is 1. The number of hydrogen-bond donors (Lipinski definition) is 0. The van der Waals surface area contributed by atoms with Gasteiger partial charge in [-0.2, -0.15) is 18.2 Å². The summed E-state index contributed by atoms with van der Waals surface area (Å²) in [5.41, 5.74) is 0.465. The largest absolute Gasteiger partial charge is 0.416 e. The van der Waals surface area contributed by atoms with Crippen LogP contribution in [0.4, 0.5) is 18.9 Å². The first kappa shape index (κ1) is 19.5. The number of thioether (sulfide) groups is 1. The zero-order chi connectivity index (χ0) is 20.6. The van der Waals surface area contributed by atoms with Crippen molar-refractivity contribution in [3.63, 3.8) is 0 Å². The molecule has 5 nitrogen and oxygen atoms in total. The highest BCUT2D eigenvalue weighted by atomic mass is 32.2. The third-order valence-corrected chi connectivity index (χ3v) is 5.48. The average molecular weight is 419 g/mol. The number of alkyl halides is 3. The first-order chi connectivity index (χ1) is 13.8. The summed E-state index contributed by atoms with van der Waals surface area (Å²) in [4.78, 5) is 19.6. The van der Waals surface area contributed by atoms with E-state index in [-0.39, 0.29) is 24.1 Å². The van der Waals surface area contributed by atoms with E-state index in [4.69, 9.17) is 4.52 Å². The van der Waals surface area contributed by atoms with Crippen LogP contribution in [0.1, 0.15) is 23.7 Å². The van der Waals surface area contributed by atoms with Crippen LogP contribution in [-0.4, -0.2) is 28.8 Å². The Balaban J connectivity index is 1.52. The molecule has 1 aliphatic heterocycles. The average Bonchev–Trinajstić information content (AvgIpc) is 3.34. The quantitative estimate of drug-likeness (QED) is 0.557. The molecule has 0 spiro atoms. The van der Waals surface area contributed by atoms with Crippen LogP contribution in [0.3, 0.4) is 0 Å². The molecule has 0 N–H and O–H groups in total. The van der Waals surface area contributed by atoms with Crippen molar-refractivity contribution in [1.29, 1.82) is 0 Å². The van der Waals surface area contributed by atoms with Crippen molar-refractivity contribution >= 4 is 23.4 Å². The minimum absolute atomic E-state index is 0.0332. The van der Waals surface area contributed by atoms with Gasteiger partial charge >= 0.3 is 6.18 Å². The topological polar surface area (TPSA) is 59.2 Å². The predicted octanol–water partition coefficient (Wildman–Crippen LogP) is 5.00. The lowest BCUT2D eigenvalue weighted by Crippen LogP contribution is -2.24. The van der Waals surface area contributed by atoms with Gasteiger partial charge < -0.3 is 9.42 Å². The lowest BCUT2D eigenvalue weighted by Gasteiger charge is -2.16. The van der Waals surface area contributed by atoms with E-state index in [9.17, 15) is 18.0 Å². The number of benzene rings is 2. The number of rotatable bonds is 4. The summed E-state index contributed by atoms with van der Waals surface area (Å²) in [7, 11) is 0. The molecule has 0 saturated carbocycles. The van der Waals surface area contributed by atoms with Gasteiger partial charge in [-0.05, 0) is 48.7 Å². The SMILES string of the molecule is CSc1cccc(N2CC(c3noc(-c4ccc(C(F)(F)F)cc4)n3)CC2=O)c1. The summed E-state index contributed by atoms with van der Waals surface area (Å²) in [6, 6.07) is 12.2. The van der Waals surface area contributed by atoms with Crippen molar-refractivity contribution in [3.05, 3.63) is 59.9 Å². The van der Waals surface area contributed by atoms with Gasteiger partial charge in [-0.25, -0.2) is 0 Å². The molecule has 2 aromatic carbocycles. The highest BCUT2D eigenvalue weighted by Crippen LogP contribution is 2.34. The molecule has 1 amide bonds. The van der Waals surface area contributed by atoms with E-state index in [1.165, 1.54) is 12.1 Å². The molecule has 1 aromatic heterocycles. The van der Waals surface area contributed by atoms with Crippen LogP contribution >= 0.6 is 11.8 Å². The van der Waals surface area contributed by atoms with Gasteiger partial charge in [0, 0.05) is 35.0 Å². The van der Waals surface area contributed by atoms with Crippen LogP contribution in [0.2, 0.25) is 0 Å². The molecule has 1 fully saturated rings. The molecule has 4 rings (SSSR count). The van der Waals surface area contributed by atoms with Crippen LogP contribution in [0, 0.1) is 0 Å². The van der Waals surface area contributed by atoms with Crippen molar-refractivity contribution in [3.8, 4) is 11.5 Å². The van der Waals surface area contributed by atoms with Gasteiger partial charge in [0.25, 0.3) is 5.89 Å². The summed E-state index contributed by atoms with van der Waals surface area (Å²) < 4.78 is 43.3. The molecular weight excluding hydrogens is 403 g/mol. The fourth-order valence-corrected chi connectivity index (χ4v) is 3.68. The van der Waals surface area contributed by atoms with E-state index in [1.54, 1.807) is 16.7 Å². The van der Waals surface area contributed by atoms with Gasteiger partial charge in [-0.1, -0.05) is 11.2 Å². The fourth-order valence-electron chi connectivity index (χ4n) is 3.23. The predicted molar refractivity (Wildman–Crippen MR) is 103 cm³/mol. The Labute approximate surface area is 168 Å². The van der Waals surface area contributed by atoms with Gasteiger partial charge in [0.15, 0.2) is 5.82 Å². The summed E-state index contributed by atoms with van der Waals surface area (Å²) >= 11 is 1.60. The maximum absolute atomic E-state index is 12.7. The second-order valence-corrected chi connectivity index (χ2v) is 7.52. The van der Waals surface area contributed by atoms with Gasteiger partial charge in [0.2, 0.25) is 5.91 Å². The number of nitrogens with zero attached hydrogens (tertiary/aromatic N) is 3. The van der Waals surface area contributed by atoms with E-state index in [2.05, 4.69) is 10.1 Å². The Morgan fingerprint density at radius 2 is 1.93 bits per heavy atom. The molecule has 2 heterocycles. The van der Waals surface area contributed by atoms with Crippen molar-refractivity contribution in [2.75, 3.05) is 17.7 Å². The Morgan fingerprint density at radius 3 is 2.62 bits per heavy atom. The lowest BCUT2D eigenvalue weighted by atomic mass is 10.1. The Bertz CT molecular complexity index is 1030. The lowest BCUT2D eigenvalue weighted by molar-refractivity contribution is -0.137. The Hall–Kier alpha value is -2.81. The third kappa shape index (κ3) is 4.00. The Kier molecular flexibility index (Phi) is 5.08. The number of halogens is 3. The number of carbonyl (C=O) groups excluding carboxylic acids is 1. The van der Waals surface area contributed by atoms with Crippen LogP contribution < -0.4 is 4.90 Å². The summed E-state index contributed by atoms with van der Waals surface area (Å²) in [6.45, 7) is 0.419. The van der Waals surface area contributed by atoms with Crippen LogP contribution in [0.5, 0.6) is 0 Å². The first-order valence-electron chi connectivity index (χ1n) is 8.81. The zero-order valence-corrected chi connectivity index (χ0v) is 16.1. The highest BCUT2D eigenvalue weighted by molar-refractivity contribution is 7.98. The van der Waals surface area contributed by atoms with E-state index in [0.717, 1.165) is 22.7 Å². The van der Waals surface area contributed by atoms with Gasteiger partial charge in [-0.3, -0.25) is 4.79 Å². The van der Waals surface area contributed by atoms with Crippen LogP contribution in [-0.2, 0) is 11.0 Å². The molecule has 150 valence electrons. The molecule has 29 heavy (non-hydrogen) atoms. The van der Waals surface area contributed by atoms with Gasteiger partial charge in [-0.15, -0.1) is 11.8 Å². The normalized spacial score (nSPS) is 17.2. The number of anilines is 1. The standard InChI is InChI=1S/C20H16F3N3O2S/c1-29-16-4-2-3-15(10-16)26-11-13(9-17(26)27)18-24-19(28-25-18)12-5-7-14(8-6-12)20(21,22)23/h2-8,10,13H,9,11H2,1H3. The van der Waals surface area contributed by atoms with Crippen molar-refractivity contribution < 1.29 is 22.5 Å². The zero-order valence-electron chi connectivity index (χ0n) is 15.3. The smallest absolute Gasteiger partial charge is 0.334 e. The molecule has 1 aliphatic rings. The van der Waals surface area contributed by atoms with E-state index in [1.807, 2.05) is 30.5 Å². The monoisotopic (exact) mass is 419 g/mol. The van der Waals surface area contributed by atoms with Crippen LogP contribution in [0.15, 0.2) is 57.9 Å². The Morgan fingerprint density at radius 1 is 1.17 bits per heavy atom. The highest BCUT2D eigenvalue weighted by Gasteiger charge is 2.35. The molecule has 0 radical (unpaired) electrons.